The van der Waals surface area contributed by atoms with Crippen LogP contribution in [-0.4, -0.2) is 32.8 Å². The van der Waals surface area contributed by atoms with Gasteiger partial charge in [-0.05, 0) is 37.6 Å². The van der Waals surface area contributed by atoms with Gasteiger partial charge < -0.3 is 28.8 Å². The van der Waals surface area contributed by atoms with E-state index in [1.807, 2.05) is 13.8 Å². The number of benzene rings is 1. The molecule has 1 aromatic rings. The van der Waals surface area contributed by atoms with Crippen LogP contribution >= 0.6 is 0 Å². The van der Waals surface area contributed by atoms with Gasteiger partial charge in [-0.1, -0.05) is 0 Å². The van der Waals surface area contributed by atoms with Crippen LogP contribution in [0.25, 0.3) is 0 Å². The Morgan fingerprint density at radius 1 is 1.05 bits per heavy atom. The minimum Gasteiger partial charge on any atom is -0.545 e. The fourth-order valence-corrected chi connectivity index (χ4v) is 1.44. The van der Waals surface area contributed by atoms with Gasteiger partial charge in [-0.25, -0.2) is 0 Å². The zero-order valence-corrected chi connectivity index (χ0v) is 11.7. The first-order valence-corrected chi connectivity index (χ1v) is 6.38. The van der Waals surface area contributed by atoms with Gasteiger partial charge in [0.25, 0.3) is 0 Å². The van der Waals surface area contributed by atoms with E-state index < -0.39 is 5.97 Å². The summed E-state index contributed by atoms with van der Waals surface area (Å²) in [4.78, 5) is 10.9. The largest absolute Gasteiger partial charge is 0.545 e. The van der Waals surface area contributed by atoms with E-state index >= 15 is 0 Å². The van der Waals surface area contributed by atoms with Gasteiger partial charge in [0.15, 0.2) is 6.79 Å². The van der Waals surface area contributed by atoms with Gasteiger partial charge in [0.1, 0.15) is 12.5 Å². The van der Waals surface area contributed by atoms with E-state index in [4.69, 9.17) is 18.9 Å². The van der Waals surface area contributed by atoms with E-state index in [0.29, 0.717) is 24.5 Å². The van der Waals surface area contributed by atoms with Crippen molar-refractivity contribution in [2.45, 2.75) is 20.5 Å². The lowest BCUT2D eigenvalue weighted by Gasteiger charge is -2.12. The van der Waals surface area contributed by atoms with Crippen LogP contribution in [0.15, 0.2) is 18.2 Å². The summed E-state index contributed by atoms with van der Waals surface area (Å²) in [6, 6.07) is 4.56. The Balaban J connectivity index is 2.68. The Hall–Kier alpha value is -1.63. The van der Waals surface area contributed by atoms with Gasteiger partial charge in [-0.15, -0.1) is 0 Å². The SMILES string of the molecule is CCOCOCc1cc(OCOCC)cc(C(=O)[O-])c1. The van der Waals surface area contributed by atoms with E-state index in [1.165, 1.54) is 12.1 Å². The van der Waals surface area contributed by atoms with E-state index in [1.54, 1.807) is 6.07 Å². The molecular weight excluding hydrogens is 264 g/mol. The predicted octanol–water partition coefficient (Wildman–Crippen LogP) is 0.933. The van der Waals surface area contributed by atoms with Gasteiger partial charge >= 0.3 is 0 Å². The van der Waals surface area contributed by atoms with Crippen molar-refractivity contribution in [3.8, 4) is 5.75 Å². The van der Waals surface area contributed by atoms with Crippen molar-refractivity contribution in [2.75, 3.05) is 26.8 Å². The molecule has 0 heterocycles. The maximum Gasteiger partial charge on any atom is 0.189 e. The van der Waals surface area contributed by atoms with Crippen LogP contribution in [0.3, 0.4) is 0 Å². The predicted molar refractivity (Wildman–Crippen MR) is 69.2 cm³/mol. The second-order valence-corrected chi connectivity index (χ2v) is 3.87. The highest BCUT2D eigenvalue weighted by atomic mass is 16.7. The quantitative estimate of drug-likeness (QED) is 0.469. The molecule has 0 saturated heterocycles. The van der Waals surface area contributed by atoms with Crippen molar-refractivity contribution in [2.24, 2.45) is 0 Å². The summed E-state index contributed by atoms with van der Waals surface area (Å²) in [6.07, 6.45) is 0. The maximum atomic E-state index is 10.9. The molecule has 0 radical (unpaired) electrons. The van der Waals surface area contributed by atoms with Crippen LogP contribution < -0.4 is 9.84 Å². The van der Waals surface area contributed by atoms with Crippen LogP contribution in [0.1, 0.15) is 29.8 Å². The number of carboxylic acid groups (broad SMARTS) is 1. The molecule has 0 aromatic heterocycles. The highest BCUT2D eigenvalue weighted by molar-refractivity contribution is 5.86. The molecule has 0 aliphatic heterocycles. The number of carbonyl (C=O) groups excluding carboxylic acids is 1. The molecule has 0 saturated carbocycles. The molecule has 0 atom stereocenters. The molecule has 0 spiro atoms. The van der Waals surface area contributed by atoms with Crippen LogP contribution in [0.4, 0.5) is 0 Å². The minimum atomic E-state index is -1.27. The van der Waals surface area contributed by atoms with Gasteiger partial charge in [-0.3, -0.25) is 0 Å². The molecule has 112 valence electrons. The third kappa shape index (κ3) is 6.01. The zero-order chi connectivity index (χ0) is 14.8. The highest BCUT2D eigenvalue weighted by Gasteiger charge is 2.04. The van der Waals surface area contributed by atoms with Crippen LogP contribution in [-0.2, 0) is 20.8 Å². The number of aromatic carboxylic acids is 1. The highest BCUT2D eigenvalue weighted by Crippen LogP contribution is 2.18. The number of rotatable bonds is 10. The van der Waals surface area contributed by atoms with Crippen molar-refractivity contribution in [3.05, 3.63) is 29.3 Å². The summed E-state index contributed by atoms with van der Waals surface area (Å²) in [6.45, 7) is 5.22. The third-order valence-electron chi connectivity index (χ3n) is 2.35. The lowest BCUT2D eigenvalue weighted by molar-refractivity contribution is -0.255. The molecule has 0 aliphatic carbocycles. The van der Waals surface area contributed by atoms with Gasteiger partial charge in [0.2, 0.25) is 0 Å². The smallest absolute Gasteiger partial charge is 0.189 e. The van der Waals surface area contributed by atoms with E-state index in [0.717, 1.165) is 0 Å². The molecule has 0 unspecified atom stereocenters. The zero-order valence-electron chi connectivity index (χ0n) is 11.7. The molecule has 0 bridgehead atoms. The molecule has 20 heavy (non-hydrogen) atoms. The summed E-state index contributed by atoms with van der Waals surface area (Å²) in [5.74, 6) is -0.868. The summed E-state index contributed by atoms with van der Waals surface area (Å²) < 4.78 is 20.7. The van der Waals surface area contributed by atoms with E-state index in [-0.39, 0.29) is 25.8 Å². The average molecular weight is 283 g/mol. The van der Waals surface area contributed by atoms with Gasteiger partial charge in [0.05, 0.1) is 12.6 Å². The lowest BCUT2D eigenvalue weighted by Crippen LogP contribution is -2.22. The van der Waals surface area contributed by atoms with Crippen molar-refractivity contribution in [3.63, 3.8) is 0 Å². The second kappa shape index (κ2) is 9.30. The molecule has 0 amide bonds. The number of hydrogen-bond donors (Lipinski definition) is 0. The van der Waals surface area contributed by atoms with E-state index in [9.17, 15) is 9.90 Å². The molecular formula is C14H19O6-. The Labute approximate surface area is 118 Å². The summed E-state index contributed by atoms with van der Waals surface area (Å²) >= 11 is 0. The molecule has 6 heteroatoms. The molecule has 1 aromatic carbocycles. The average Bonchev–Trinajstić information content (AvgIpc) is 2.44. The Morgan fingerprint density at radius 2 is 1.75 bits per heavy atom. The number of hydrogen-bond acceptors (Lipinski definition) is 6. The Kier molecular flexibility index (Phi) is 7.64. The summed E-state index contributed by atoms with van der Waals surface area (Å²) in [7, 11) is 0. The number of carbonyl (C=O) groups is 1. The van der Waals surface area contributed by atoms with Crippen LogP contribution in [0, 0.1) is 0 Å². The fourth-order valence-electron chi connectivity index (χ4n) is 1.44. The molecule has 0 aliphatic rings. The third-order valence-corrected chi connectivity index (χ3v) is 2.35. The molecule has 0 fully saturated rings. The van der Waals surface area contributed by atoms with Gasteiger partial charge in [-0.2, -0.15) is 0 Å². The lowest BCUT2D eigenvalue weighted by atomic mass is 10.1. The molecule has 0 N–H and O–H groups in total. The normalized spacial score (nSPS) is 10.5. The minimum absolute atomic E-state index is 0.0361. The fraction of sp³-hybridized carbons (Fsp3) is 0.500. The van der Waals surface area contributed by atoms with Crippen molar-refractivity contribution >= 4 is 5.97 Å². The van der Waals surface area contributed by atoms with E-state index in [2.05, 4.69) is 0 Å². The molecule has 6 nitrogen and oxygen atoms in total. The number of ether oxygens (including phenoxy) is 4. The van der Waals surface area contributed by atoms with Crippen LogP contribution in [0.2, 0.25) is 0 Å². The second-order valence-electron chi connectivity index (χ2n) is 3.87. The first-order valence-electron chi connectivity index (χ1n) is 6.38. The first kappa shape index (κ1) is 16.4. The first-order chi connectivity index (χ1) is 9.67. The summed E-state index contributed by atoms with van der Waals surface area (Å²) in [5.41, 5.74) is 0.701. The monoisotopic (exact) mass is 283 g/mol. The summed E-state index contributed by atoms with van der Waals surface area (Å²) in [5, 5.41) is 10.9. The standard InChI is InChI=1S/C14H20O6/c1-3-17-9-19-8-11-5-12(14(15)16)7-13(6-11)20-10-18-4-2/h5-7H,3-4,8-10H2,1-2H3,(H,15,16)/p-1. The Bertz CT molecular complexity index is 418. The van der Waals surface area contributed by atoms with Crippen molar-refractivity contribution in [1.82, 2.24) is 0 Å². The number of carboxylic acids is 1. The van der Waals surface area contributed by atoms with Crippen molar-refractivity contribution < 1.29 is 28.8 Å². The van der Waals surface area contributed by atoms with Crippen molar-refractivity contribution in [1.29, 1.82) is 0 Å². The van der Waals surface area contributed by atoms with Crippen LogP contribution in [0.5, 0.6) is 5.75 Å². The topological polar surface area (TPSA) is 77.0 Å². The van der Waals surface area contributed by atoms with Gasteiger partial charge in [0, 0.05) is 18.8 Å². The Morgan fingerprint density at radius 3 is 2.40 bits per heavy atom. The maximum absolute atomic E-state index is 10.9. The molecule has 1 rings (SSSR count).